The number of hydrogen-bond donors (Lipinski definition) is 1. The molecule has 0 radical (unpaired) electrons. The predicted octanol–water partition coefficient (Wildman–Crippen LogP) is 5.02. The molecule has 2 aromatic carbocycles. The highest BCUT2D eigenvalue weighted by atomic mass is 16.5. The summed E-state index contributed by atoms with van der Waals surface area (Å²) in [5.41, 5.74) is -0.0914. The Morgan fingerprint density at radius 3 is 2.28 bits per heavy atom. The molecule has 0 aliphatic carbocycles. The van der Waals surface area contributed by atoms with Gasteiger partial charge >= 0.3 is 0 Å². The highest BCUT2D eigenvalue weighted by Crippen LogP contribution is 2.33. The Kier molecular flexibility index (Phi) is 6.07. The molecule has 0 saturated carbocycles. The predicted molar refractivity (Wildman–Crippen MR) is 103 cm³/mol. The molecule has 2 aromatic rings. The topological polar surface area (TPSA) is 47.6 Å². The van der Waals surface area contributed by atoms with Crippen LogP contribution in [0.3, 0.4) is 0 Å². The largest absolute Gasteiger partial charge is 0.490 e. The zero-order valence-corrected chi connectivity index (χ0v) is 16.1. The van der Waals surface area contributed by atoms with E-state index < -0.39 is 5.60 Å². The molecule has 1 amide bonds. The van der Waals surface area contributed by atoms with Gasteiger partial charge < -0.3 is 14.8 Å². The van der Waals surface area contributed by atoms with Crippen LogP contribution in [0.4, 0.5) is 5.69 Å². The minimum absolute atomic E-state index is 0.0895. The van der Waals surface area contributed by atoms with Crippen LogP contribution < -0.4 is 10.1 Å². The van der Waals surface area contributed by atoms with Crippen LogP contribution in [0.2, 0.25) is 0 Å². The van der Waals surface area contributed by atoms with Crippen LogP contribution in [-0.4, -0.2) is 24.7 Å². The molecular formula is C21H29NO3. The lowest BCUT2D eigenvalue weighted by molar-refractivity contribution is -0.137. The minimum atomic E-state index is -0.859. The maximum Gasteiger partial charge on any atom is 0.256 e. The number of methoxy groups -OCH3 is 1. The molecule has 0 aliphatic rings. The summed E-state index contributed by atoms with van der Waals surface area (Å²) in [6.45, 7) is 10.00. The summed E-state index contributed by atoms with van der Waals surface area (Å²) >= 11 is 0. The maximum absolute atomic E-state index is 12.8. The zero-order valence-electron chi connectivity index (χ0n) is 16.1. The fourth-order valence-electron chi connectivity index (χ4n) is 3.04. The van der Waals surface area contributed by atoms with E-state index in [9.17, 15) is 4.79 Å². The quantitative estimate of drug-likeness (QED) is 0.768. The number of carbonyl (C=O) groups is 1. The van der Waals surface area contributed by atoms with Gasteiger partial charge in [0.1, 0.15) is 11.4 Å². The van der Waals surface area contributed by atoms with Crippen LogP contribution in [0.1, 0.15) is 41.0 Å². The smallest absolute Gasteiger partial charge is 0.256 e. The van der Waals surface area contributed by atoms with Gasteiger partial charge in [-0.05, 0) is 45.2 Å². The van der Waals surface area contributed by atoms with Gasteiger partial charge in [-0.15, -0.1) is 0 Å². The second-order valence-corrected chi connectivity index (χ2v) is 7.31. The molecule has 25 heavy (non-hydrogen) atoms. The van der Waals surface area contributed by atoms with Crippen molar-refractivity contribution < 1.29 is 14.3 Å². The molecule has 136 valence electrons. The molecule has 1 atom stereocenters. The van der Waals surface area contributed by atoms with Gasteiger partial charge in [0.05, 0.1) is 6.10 Å². The summed E-state index contributed by atoms with van der Waals surface area (Å²) in [4.78, 5) is 12.8. The Labute approximate surface area is 150 Å². The van der Waals surface area contributed by atoms with Crippen LogP contribution in [0.15, 0.2) is 36.4 Å². The molecule has 4 nitrogen and oxygen atoms in total. The van der Waals surface area contributed by atoms with Crippen LogP contribution in [0.5, 0.6) is 5.75 Å². The van der Waals surface area contributed by atoms with Crippen LogP contribution in [0.25, 0.3) is 10.8 Å². The third-order valence-electron chi connectivity index (χ3n) is 4.22. The number of fused-ring (bicyclic) bond motifs is 1. The van der Waals surface area contributed by atoms with E-state index in [1.54, 1.807) is 7.11 Å². The van der Waals surface area contributed by atoms with Crippen LogP contribution in [0, 0.1) is 5.92 Å². The summed E-state index contributed by atoms with van der Waals surface area (Å²) < 4.78 is 11.4. The van der Waals surface area contributed by atoms with E-state index >= 15 is 0 Å². The Morgan fingerprint density at radius 2 is 1.72 bits per heavy atom. The van der Waals surface area contributed by atoms with E-state index in [4.69, 9.17) is 9.47 Å². The monoisotopic (exact) mass is 343 g/mol. The van der Waals surface area contributed by atoms with Crippen LogP contribution >= 0.6 is 0 Å². The molecule has 0 aromatic heterocycles. The second-order valence-electron chi connectivity index (χ2n) is 7.31. The second kappa shape index (κ2) is 7.87. The minimum Gasteiger partial charge on any atom is -0.490 e. The lowest BCUT2D eigenvalue weighted by Crippen LogP contribution is -2.43. The van der Waals surface area contributed by atoms with E-state index in [-0.39, 0.29) is 12.0 Å². The summed E-state index contributed by atoms with van der Waals surface area (Å²) in [6, 6.07) is 11.7. The van der Waals surface area contributed by atoms with Gasteiger partial charge in [-0.2, -0.15) is 0 Å². The van der Waals surface area contributed by atoms with E-state index in [1.807, 2.05) is 57.2 Å². The number of nitrogens with one attached hydrogen (secondary N) is 1. The molecule has 2 rings (SSSR count). The van der Waals surface area contributed by atoms with Gasteiger partial charge in [0, 0.05) is 23.6 Å². The summed E-state index contributed by atoms with van der Waals surface area (Å²) in [5, 5.41) is 4.98. The number of rotatable bonds is 7. The van der Waals surface area contributed by atoms with Crippen LogP contribution in [-0.2, 0) is 9.53 Å². The Morgan fingerprint density at radius 1 is 1.08 bits per heavy atom. The molecule has 0 heterocycles. The lowest BCUT2D eigenvalue weighted by Gasteiger charge is -2.29. The van der Waals surface area contributed by atoms with Crippen molar-refractivity contribution in [3.05, 3.63) is 36.4 Å². The number of benzene rings is 2. The molecule has 4 heteroatoms. The number of carbonyl (C=O) groups excluding carboxylic acids is 1. The molecule has 0 saturated heterocycles. The van der Waals surface area contributed by atoms with Gasteiger partial charge in [-0.25, -0.2) is 0 Å². The molecule has 0 spiro atoms. The number of amides is 1. The van der Waals surface area contributed by atoms with Crippen molar-refractivity contribution in [3.8, 4) is 5.75 Å². The van der Waals surface area contributed by atoms with Gasteiger partial charge in [0.15, 0.2) is 0 Å². The van der Waals surface area contributed by atoms with Crippen molar-refractivity contribution in [1.29, 1.82) is 0 Å². The van der Waals surface area contributed by atoms with Crippen molar-refractivity contribution in [2.45, 2.75) is 52.7 Å². The van der Waals surface area contributed by atoms with Crippen molar-refractivity contribution in [1.82, 2.24) is 0 Å². The Hall–Kier alpha value is -2.07. The maximum atomic E-state index is 12.8. The fraction of sp³-hybridized carbons (Fsp3) is 0.476. The van der Waals surface area contributed by atoms with E-state index in [1.165, 1.54) is 0 Å². The molecule has 0 unspecified atom stereocenters. The summed E-state index contributed by atoms with van der Waals surface area (Å²) in [7, 11) is 1.58. The van der Waals surface area contributed by atoms with Crippen molar-refractivity contribution >= 4 is 22.4 Å². The van der Waals surface area contributed by atoms with E-state index in [0.29, 0.717) is 12.3 Å². The zero-order chi connectivity index (χ0) is 18.6. The number of hydrogen-bond acceptors (Lipinski definition) is 3. The van der Waals surface area contributed by atoms with Gasteiger partial charge in [-0.3, -0.25) is 4.79 Å². The standard InChI is InChI=1S/C21H29NO3/c1-14(2)13-21(5,24-6)20(23)22-18-11-12-19(25-15(3)4)17-10-8-7-9-16(17)18/h7-12,14-15H,13H2,1-6H3,(H,22,23)/t21-/m0/s1. The average Bonchev–Trinajstić information content (AvgIpc) is 2.55. The first-order valence-corrected chi connectivity index (χ1v) is 8.82. The number of ether oxygens (including phenoxy) is 2. The first kappa shape index (κ1) is 19.3. The third kappa shape index (κ3) is 4.51. The summed E-state index contributed by atoms with van der Waals surface area (Å²) in [5.74, 6) is 1.04. The molecule has 1 N–H and O–H groups in total. The number of anilines is 1. The average molecular weight is 343 g/mol. The molecule has 0 bridgehead atoms. The van der Waals surface area contributed by atoms with E-state index in [2.05, 4.69) is 19.2 Å². The SMILES string of the molecule is CO[C@@](C)(CC(C)C)C(=O)Nc1ccc(OC(C)C)c2ccccc12. The summed E-state index contributed by atoms with van der Waals surface area (Å²) in [6.07, 6.45) is 0.744. The molecule has 0 aliphatic heterocycles. The van der Waals surface area contributed by atoms with E-state index in [0.717, 1.165) is 22.2 Å². The van der Waals surface area contributed by atoms with Gasteiger partial charge in [0.2, 0.25) is 0 Å². The van der Waals surface area contributed by atoms with Crippen molar-refractivity contribution in [2.24, 2.45) is 5.92 Å². The molecule has 0 fully saturated rings. The van der Waals surface area contributed by atoms with Gasteiger partial charge in [-0.1, -0.05) is 38.1 Å². The highest BCUT2D eigenvalue weighted by Gasteiger charge is 2.34. The first-order valence-electron chi connectivity index (χ1n) is 8.82. The normalized spacial score (nSPS) is 13.9. The fourth-order valence-corrected chi connectivity index (χ4v) is 3.04. The molecular weight excluding hydrogens is 314 g/mol. The van der Waals surface area contributed by atoms with Crippen molar-refractivity contribution in [2.75, 3.05) is 12.4 Å². The van der Waals surface area contributed by atoms with Gasteiger partial charge in [0.25, 0.3) is 5.91 Å². The lowest BCUT2D eigenvalue weighted by atomic mass is 9.93. The third-order valence-corrected chi connectivity index (χ3v) is 4.22. The first-order chi connectivity index (χ1) is 11.8. The Balaban J connectivity index is 2.37. The highest BCUT2D eigenvalue weighted by molar-refractivity contribution is 6.06. The van der Waals surface area contributed by atoms with Crippen molar-refractivity contribution in [3.63, 3.8) is 0 Å². The Bertz CT molecular complexity index is 739.